The summed E-state index contributed by atoms with van der Waals surface area (Å²) >= 11 is 0. The minimum atomic E-state index is -1.22. The smallest absolute Gasteiger partial charge is 0.331 e. The van der Waals surface area contributed by atoms with Gasteiger partial charge in [0.15, 0.2) is 6.10 Å². The molecule has 0 radical (unpaired) electrons. The first kappa shape index (κ1) is 20.9. The van der Waals surface area contributed by atoms with Crippen molar-refractivity contribution in [3.05, 3.63) is 59.7 Å². The van der Waals surface area contributed by atoms with Crippen LogP contribution in [0.5, 0.6) is 11.5 Å². The number of benzene rings is 2. The minimum Gasteiger partial charge on any atom is -0.497 e. The van der Waals surface area contributed by atoms with Crippen molar-refractivity contribution in [3.63, 3.8) is 0 Å². The molecule has 2 aromatic rings. The highest BCUT2D eigenvalue weighted by Crippen LogP contribution is 2.23. The number of hydrogen-bond acceptors (Lipinski definition) is 5. The van der Waals surface area contributed by atoms with Crippen molar-refractivity contribution in [3.8, 4) is 11.5 Å². The van der Waals surface area contributed by atoms with Crippen LogP contribution >= 0.6 is 0 Å². The summed E-state index contributed by atoms with van der Waals surface area (Å²) in [5, 5.41) is 2.17. The van der Waals surface area contributed by atoms with Gasteiger partial charge in [-0.1, -0.05) is 0 Å². The van der Waals surface area contributed by atoms with Crippen LogP contribution in [-0.4, -0.2) is 32.2 Å². The van der Waals surface area contributed by atoms with E-state index >= 15 is 0 Å². The van der Waals surface area contributed by atoms with Crippen LogP contribution in [0.25, 0.3) is 6.08 Å². The Kier molecular flexibility index (Phi) is 7.08. The SMILES string of the molecule is COc1cc(/C=C/C(=O)O[C@@H](C)C(=O)Nc2cc(F)ccc2F)cc(OC)c1. The first-order chi connectivity index (χ1) is 13.3. The number of carbonyl (C=O) groups is 2. The van der Waals surface area contributed by atoms with Gasteiger partial charge in [-0.15, -0.1) is 0 Å². The first-order valence-corrected chi connectivity index (χ1v) is 8.20. The summed E-state index contributed by atoms with van der Waals surface area (Å²) in [6.07, 6.45) is 1.37. The number of nitrogens with one attached hydrogen (secondary N) is 1. The van der Waals surface area contributed by atoms with Crippen molar-refractivity contribution in [2.24, 2.45) is 0 Å². The Labute approximate surface area is 160 Å². The van der Waals surface area contributed by atoms with Gasteiger partial charge in [-0.25, -0.2) is 13.6 Å². The fourth-order valence-electron chi connectivity index (χ4n) is 2.18. The summed E-state index contributed by atoms with van der Waals surface area (Å²) in [6.45, 7) is 1.31. The zero-order valence-electron chi connectivity index (χ0n) is 15.5. The molecular weight excluding hydrogens is 372 g/mol. The van der Waals surface area contributed by atoms with Crippen molar-refractivity contribution in [1.29, 1.82) is 0 Å². The topological polar surface area (TPSA) is 73.9 Å². The molecule has 0 heterocycles. The molecule has 0 aliphatic carbocycles. The average Bonchev–Trinajstić information content (AvgIpc) is 2.68. The third-order valence-corrected chi connectivity index (χ3v) is 3.63. The van der Waals surface area contributed by atoms with Crippen LogP contribution in [0.3, 0.4) is 0 Å². The summed E-state index contributed by atoms with van der Waals surface area (Å²) in [7, 11) is 3.00. The Bertz CT molecular complexity index is 876. The molecule has 0 spiro atoms. The second kappa shape index (κ2) is 9.50. The van der Waals surface area contributed by atoms with Gasteiger partial charge in [-0.2, -0.15) is 0 Å². The van der Waals surface area contributed by atoms with Crippen LogP contribution in [0, 0.1) is 11.6 Å². The average molecular weight is 391 g/mol. The maximum Gasteiger partial charge on any atom is 0.331 e. The molecule has 2 rings (SSSR count). The Morgan fingerprint density at radius 2 is 1.68 bits per heavy atom. The van der Waals surface area contributed by atoms with Crippen LogP contribution in [0.1, 0.15) is 12.5 Å². The number of ether oxygens (including phenoxy) is 3. The molecular formula is C20H19F2NO5. The van der Waals surface area contributed by atoms with E-state index in [1.165, 1.54) is 27.2 Å². The Balaban J connectivity index is 1.99. The predicted octanol–water partition coefficient (Wildman–Crippen LogP) is 3.57. The van der Waals surface area contributed by atoms with E-state index in [2.05, 4.69) is 5.32 Å². The van der Waals surface area contributed by atoms with Crippen molar-refractivity contribution in [1.82, 2.24) is 0 Å². The van der Waals surface area contributed by atoms with E-state index < -0.39 is 29.6 Å². The number of anilines is 1. The third kappa shape index (κ3) is 5.80. The number of rotatable bonds is 7. The largest absolute Gasteiger partial charge is 0.497 e. The second-order valence-corrected chi connectivity index (χ2v) is 5.67. The molecule has 0 bridgehead atoms. The van der Waals surface area contributed by atoms with E-state index in [1.54, 1.807) is 18.2 Å². The standard InChI is InChI=1S/C20H19F2NO5/c1-12(20(25)23-18-10-14(21)5-6-17(18)22)28-19(24)7-4-13-8-15(26-2)11-16(9-13)27-3/h4-12H,1-3H3,(H,23,25)/b7-4+/t12-/m0/s1. The van der Waals surface area contributed by atoms with Gasteiger partial charge in [-0.05, 0) is 42.8 Å². The molecule has 0 aromatic heterocycles. The third-order valence-electron chi connectivity index (χ3n) is 3.63. The van der Waals surface area contributed by atoms with Gasteiger partial charge in [0.2, 0.25) is 0 Å². The van der Waals surface area contributed by atoms with Crippen molar-refractivity contribution in [2.75, 3.05) is 19.5 Å². The summed E-state index contributed by atoms with van der Waals surface area (Å²) in [5.74, 6) is -2.02. The summed E-state index contributed by atoms with van der Waals surface area (Å²) in [5.41, 5.74) is 0.277. The van der Waals surface area contributed by atoms with E-state index in [1.807, 2.05) is 0 Å². The fraction of sp³-hybridized carbons (Fsp3) is 0.200. The molecule has 0 saturated heterocycles. The highest BCUT2D eigenvalue weighted by Gasteiger charge is 2.18. The lowest BCUT2D eigenvalue weighted by Crippen LogP contribution is -2.29. The van der Waals surface area contributed by atoms with Crippen molar-refractivity contribution >= 4 is 23.6 Å². The van der Waals surface area contributed by atoms with Crippen LogP contribution in [-0.2, 0) is 14.3 Å². The Morgan fingerprint density at radius 1 is 1.04 bits per heavy atom. The van der Waals surface area contributed by atoms with Crippen LogP contribution in [0.15, 0.2) is 42.5 Å². The van der Waals surface area contributed by atoms with Gasteiger partial charge in [0.25, 0.3) is 5.91 Å². The lowest BCUT2D eigenvalue weighted by atomic mass is 10.2. The quantitative estimate of drug-likeness (QED) is 0.577. The maximum absolute atomic E-state index is 13.6. The van der Waals surface area contributed by atoms with Crippen LogP contribution in [0.4, 0.5) is 14.5 Å². The predicted molar refractivity (Wildman–Crippen MR) is 99.1 cm³/mol. The van der Waals surface area contributed by atoms with Gasteiger partial charge in [0.05, 0.1) is 19.9 Å². The van der Waals surface area contributed by atoms with E-state index in [0.29, 0.717) is 17.1 Å². The van der Waals surface area contributed by atoms with Crippen molar-refractivity contribution in [2.45, 2.75) is 13.0 Å². The lowest BCUT2D eigenvalue weighted by Gasteiger charge is -2.13. The molecule has 2 aromatic carbocycles. The highest BCUT2D eigenvalue weighted by molar-refractivity contribution is 5.96. The first-order valence-electron chi connectivity index (χ1n) is 8.20. The molecule has 1 N–H and O–H groups in total. The summed E-state index contributed by atoms with van der Waals surface area (Å²) < 4.78 is 42.0. The molecule has 1 amide bonds. The van der Waals surface area contributed by atoms with Crippen molar-refractivity contribution < 1.29 is 32.6 Å². The van der Waals surface area contributed by atoms with Crippen LogP contribution in [0.2, 0.25) is 0 Å². The zero-order valence-corrected chi connectivity index (χ0v) is 15.5. The molecule has 0 saturated carbocycles. The Hall–Kier alpha value is -3.42. The molecule has 0 unspecified atom stereocenters. The number of esters is 1. The molecule has 148 valence electrons. The van der Waals surface area contributed by atoms with Gasteiger partial charge < -0.3 is 19.5 Å². The highest BCUT2D eigenvalue weighted by atomic mass is 19.1. The molecule has 1 atom stereocenters. The van der Waals surface area contributed by atoms with Crippen LogP contribution < -0.4 is 14.8 Å². The van der Waals surface area contributed by atoms with Gasteiger partial charge in [0.1, 0.15) is 23.1 Å². The number of carbonyl (C=O) groups excluding carboxylic acids is 2. The number of hydrogen-bond donors (Lipinski definition) is 1. The number of methoxy groups -OCH3 is 2. The molecule has 0 aliphatic rings. The van der Waals surface area contributed by atoms with Gasteiger partial charge >= 0.3 is 5.97 Å². The van der Waals surface area contributed by atoms with Gasteiger partial charge in [0, 0.05) is 18.2 Å². The summed E-state index contributed by atoms with van der Waals surface area (Å²) in [6, 6.07) is 7.66. The summed E-state index contributed by atoms with van der Waals surface area (Å²) in [4.78, 5) is 23.9. The van der Waals surface area contributed by atoms with E-state index in [9.17, 15) is 18.4 Å². The normalized spacial score (nSPS) is 11.8. The monoisotopic (exact) mass is 391 g/mol. The maximum atomic E-state index is 13.6. The molecule has 0 aliphatic heterocycles. The molecule has 6 nitrogen and oxygen atoms in total. The lowest BCUT2D eigenvalue weighted by molar-refractivity contribution is -0.148. The van der Waals surface area contributed by atoms with E-state index in [-0.39, 0.29) is 5.69 Å². The van der Waals surface area contributed by atoms with E-state index in [0.717, 1.165) is 24.3 Å². The number of halogens is 2. The van der Waals surface area contributed by atoms with Gasteiger partial charge in [-0.3, -0.25) is 4.79 Å². The number of amides is 1. The fourth-order valence-corrected chi connectivity index (χ4v) is 2.18. The molecule has 8 heteroatoms. The zero-order chi connectivity index (χ0) is 20.7. The second-order valence-electron chi connectivity index (χ2n) is 5.67. The molecule has 0 fully saturated rings. The van der Waals surface area contributed by atoms with E-state index in [4.69, 9.17) is 14.2 Å². The Morgan fingerprint density at radius 3 is 2.29 bits per heavy atom. The minimum absolute atomic E-state index is 0.341. The molecule has 28 heavy (non-hydrogen) atoms.